The lowest BCUT2D eigenvalue weighted by Gasteiger charge is -2.30. The van der Waals surface area contributed by atoms with Crippen molar-refractivity contribution in [2.24, 2.45) is 16.5 Å². The van der Waals surface area contributed by atoms with Gasteiger partial charge < -0.3 is 31.7 Å². The number of alkyl halides is 6. The first-order valence-corrected chi connectivity index (χ1v) is 15.0. The molecule has 19 heteroatoms. The number of fused-ring (bicyclic) bond motifs is 1. The van der Waals surface area contributed by atoms with Gasteiger partial charge in [-0.1, -0.05) is 36.6 Å². The number of carbonyl (C=O) groups excluding carboxylic acids is 1. The first-order valence-electron chi connectivity index (χ1n) is 15.0. The average Bonchev–Trinajstić information content (AvgIpc) is 3.02. The van der Waals surface area contributed by atoms with E-state index in [1.807, 2.05) is 43.3 Å². The van der Waals surface area contributed by atoms with Gasteiger partial charge >= 0.3 is 24.3 Å². The number of aliphatic carboxylic acids is 2. The number of aliphatic imine (C=N–C) groups is 1. The molecule has 3 aromatic rings. The molecule has 0 spiro atoms. The highest BCUT2D eigenvalue weighted by atomic mass is 19.4. The highest BCUT2D eigenvalue weighted by Gasteiger charge is 2.39. The molecule has 1 aliphatic carbocycles. The maximum absolute atomic E-state index is 12.7. The number of halogens is 6. The van der Waals surface area contributed by atoms with E-state index in [9.17, 15) is 31.1 Å². The van der Waals surface area contributed by atoms with Crippen molar-refractivity contribution >= 4 is 46.5 Å². The fourth-order valence-electron chi connectivity index (χ4n) is 4.64. The largest absolute Gasteiger partial charge is 0.497 e. The fraction of sp³-hybridized carbons (Fsp3) is 0.419. The van der Waals surface area contributed by atoms with E-state index in [-0.39, 0.29) is 29.9 Å². The second kappa shape index (κ2) is 18.4. The Morgan fingerprint density at radius 1 is 0.940 bits per heavy atom. The van der Waals surface area contributed by atoms with Crippen LogP contribution in [0.15, 0.2) is 47.5 Å². The normalized spacial score (nSPS) is 15.7. The number of hydrogen-bond donors (Lipinski definition) is 6. The monoisotopic (exact) mass is 717 g/mol. The Labute approximate surface area is 282 Å². The summed E-state index contributed by atoms with van der Waals surface area (Å²) < 4.78 is 68.7. The number of nitrogens with one attached hydrogen (secondary N) is 2. The van der Waals surface area contributed by atoms with E-state index in [0.717, 1.165) is 66.3 Å². The molecule has 1 amide bonds. The third-order valence-corrected chi connectivity index (χ3v) is 6.98. The van der Waals surface area contributed by atoms with Crippen LogP contribution in [-0.4, -0.2) is 75.5 Å². The molecule has 0 saturated heterocycles. The first kappa shape index (κ1) is 40.8. The molecule has 13 nitrogen and oxygen atoms in total. The molecular weight excluding hydrogens is 680 g/mol. The summed E-state index contributed by atoms with van der Waals surface area (Å²) in [6, 6.07) is 13.9. The predicted octanol–water partition coefficient (Wildman–Crippen LogP) is 5.17. The van der Waals surface area contributed by atoms with Crippen LogP contribution in [0.3, 0.4) is 0 Å². The Morgan fingerprint density at radius 3 is 2.06 bits per heavy atom. The molecule has 2 atom stereocenters. The number of nitrogens with two attached hydrogens (primary N) is 2. The molecule has 0 bridgehead atoms. The number of aryl methyl sites for hydroxylation is 2. The summed E-state index contributed by atoms with van der Waals surface area (Å²) in [6.45, 7) is 2.03. The van der Waals surface area contributed by atoms with Crippen molar-refractivity contribution in [2.75, 3.05) is 17.7 Å². The van der Waals surface area contributed by atoms with E-state index in [1.54, 1.807) is 7.11 Å². The van der Waals surface area contributed by atoms with E-state index in [4.69, 9.17) is 41.0 Å². The lowest BCUT2D eigenvalue weighted by Crippen LogP contribution is -2.38. The molecule has 0 radical (unpaired) electrons. The molecule has 0 aliphatic heterocycles. The van der Waals surface area contributed by atoms with Crippen molar-refractivity contribution in [3.8, 4) is 5.75 Å². The molecule has 1 saturated carbocycles. The molecule has 2 aromatic carbocycles. The number of carbonyl (C=O) groups is 3. The zero-order chi connectivity index (χ0) is 37.6. The third-order valence-electron chi connectivity index (χ3n) is 6.98. The molecular formula is C31H37F6N7O6. The SMILES string of the molecule is COc1ccc(CCCC(=O)Nc2nc(NC3CCCCC3N=C(N)N)c3cc(C)ccc3n2)cc1.O=C(O)C(F)(F)F.O=C(O)C(F)(F)F. The number of carboxylic acid groups (broad SMARTS) is 2. The molecule has 50 heavy (non-hydrogen) atoms. The van der Waals surface area contributed by atoms with Crippen LogP contribution in [0.25, 0.3) is 10.9 Å². The second-order valence-electron chi connectivity index (χ2n) is 10.9. The van der Waals surface area contributed by atoms with Crippen LogP contribution >= 0.6 is 0 Å². The van der Waals surface area contributed by atoms with Crippen LogP contribution in [0.5, 0.6) is 5.75 Å². The highest BCUT2D eigenvalue weighted by Crippen LogP contribution is 2.29. The lowest BCUT2D eigenvalue weighted by atomic mass is 9.90. The number of methoxy groups -OCH3 is 1. The number of nitrogens with zero attached hydrogens (tertiary/aromatic N) is 3. The van der Waals surface area contributed by atoms with E-state index < -0.39 is 24.3 Å². The van der Waals surface area contributed by atoms with Crippen molar-refractivity contribution in [3.05, 3.63) is 53.6 Å². The summed E-state index contributed by atoms with van der Waals surface area (Å²) in [5.41, 5.74) is 14.4. The van der Waals surface area contributed by atoms with Gasteiger partial charge in [-0.2, -0.15) is 31.3 Å². The zero-order valence-electron chi connectivity index (χ0n) is 26.9. The van der Waals surface area contributed by atoms with E-state index in [2.05, 4.69) is 26.7 Å². The average molecular weight is 718 g/mol. The Morgan fingerprint density at radius 2 is 1.52 bits per heavy atom. The van der Waals surface area contributed by atoms with Gasteiger partial charge in [0.15, 0.2) is 5.96 Å². The van der Waals surface area contributed by atoms with Gasteiger partial charge in [-0.15, -0.1) is 0 Å². The van der Waals surface area contributed by atoms with Gasteiger partial charge in [0, 0.05) is 11.8 Å². The van der Waals surface area contributed by atoms with Gasteiger partial charge in [0.05, 0.1) is 24.7 Å². The number of carboxylic acids is 2. The maximum atomic E-state index is 12.7. The number of guanidine groups is 1. The first-order chi connectivity index (χ1) is 23.3. The van der Waals surface area contributed by atoms with Gasteiger partial charge in [-0.05, 0) is 62.4 Å². The van der Waals surface area contributed by atoms with Crippen molar-refractivity contribution < 1.29 is 55.7 Å². The van der Waals surface area contributed by atoms with Gasteiger partial charge in [-0.3, -0.25) is 10.1 Å². The fourth-order valence-corrected chi connectivity index (χ4v) is 4.64. The minimum Gasteiger partial charge on any atom is -0.497 e. The third kappa shape index (κ3) is 14.0. The van der Waals surface area contributed by atoms with Crippen LogP contribution in [0, 0.1) is 6.92 Å². The van der Waals surface area contributed by atoms with Crippen molar-refractivity contribution in [2.45, 2.75) is 76.3 Å². The maximum Gasteiger partial charge on any atom is 0.490 e. The summed E-state index contributed by atoms with van der Waals surface area (Å²) in [5, 5.41) is 21.6. The standard InChI is InChI=1S/C27H35N7O2.2C2HF3O2/c1-17-10-15-21-20(16-17)25(30-22-7-3-4-8-23(22)31-26(28)29)34-27(32-21)33-24(35)9-5-6-18-11-13-19(36-2)14-12-18;2*3-2(4,5)1(6)7/h10-16,22-23H,3-9H2,1-2H3,(H4,28,29,31)(H2,30,32,33,34,35);2*(H,6,7). The highest BCUT2D eigenvalue weighted by molar-refractivity contribution is 5.94. The number of rotatable bonds is 9. The molecule has 2 unspecified atom stereocenters. The minimum absolute atomic E-state index is 0.0189. The second-order valence-corrected chi connectivity index (χ2v) is 10.9. The van der Waals surface area contributed by atoms with Gasteiger partial charge in [0.25, 0.3) is 0 Å². The molecule has 8 N–H and O–H groups in total. The summed E-state index contributed by atoms with van der Waals surface area (Å²) in [5.74, 6) is -3.74. The number of anilines is 2. The van der Waals surface area contributed by atoms with Gasteiger partial charge in [-0.25, -0.2) is 19.6 Å². The number of hydrogen-bond acceptors (Lipinski definition) is 8. The number of amides is 1. The van der Waals surface area contributed by atoms with E-state index in [1.165, 1.54) is 0 Å². The predicted molar refractivity (Wildman–Crippen MR) is 172 cm³/mol. The van der Waals surface area contributed by atoms with Crippen LogP contribution in [0.2, 0.25) is 0 Å². The van der Waals surface area contributed by atoms with Crippen LogP contribution in [0.4, 0.5) is 38.1 Å². The van der Waals surface area contributed by atoms with Crippen LogP contribution < -0.4 is 26.8 Å². The van der Waals surface area contributed by atoms with E-state index >= 15 is 0 Å². The van der Waals surface area contributed by atoms with Crippen molar-refractivity contribution in [1.82, 2.24) is 9.97 Å². The van der Waals surface area contributed by atoms with Gasteiger partial charge in [0.1, 0.15) is 11.6 Å². The van der Waals surface area contributed by atoms with Gasteiger partial charge in [0.2, 0.25) is 11.9 Å². The summed E-state index contributed by atoms with van der Waals surface area (Å²) >= 11 is 0. The lowest BCUT2D eigenvalue weighted by molar-refractivity contribution is -0.193. The number of ether oxygens (including phenoxy) is 1. The van der Waals surface area contributed by atoms with Crippen LogP contribution in [0.1, 0.15) is 49.7 Å². The molecule has 274 valence electrons. The Kier molecular flexibility index (Phi) is 15.0. The van der Waals surface area contributed by atoms with Crippen molar-refractivity contribution in [1.29, 1.82) is 0 Å². The smallest absolute Gasteiger partial charge is 0.490 e. The Hall–Kier alpha value is -5.36. The Balaban J connectivity index is 0.000000521. The molecule has 1 aromatic heterocycles. The number of aromatic nitrogens is 2. The van der Waals surface area contributed by atoms with Crippen LogP contribution in [-0.2, 0) is 20.8 Å². The topological polar surface area (TPSA) is 215 Å². The summed E-state index contributed by atoms with van der Waals surface area (Å²) in [6.07, 6.45) is -4.25. The Bertz CT molecular complexity index is 1610. The van der Waals surface area contributed by atoms with Crippen molar-refractivity contribution in [3.63, 3.8) is 0 Å². The van der Waals surface area contributed by atoms with E-state index in [0.29, 0.717) is 12.2 Å². The molecule has 1 fully saturated rings. The summed E-state index contributed by atoms with van der Waals surface area (Å²) in [4.78, 5) is 44.2. The molecule has 1 aliphatic rings. The quantitative estimate of drug-likeness (QED) is 0.0964. The number of benzene rings is 2. The zero-order valence-corrected chi connectivity index (χ0v) is 26.9. The molecule has 1 heterocycles. The summed E-state index contributed by atoms with van der Waals surface area (Å²) in [7, 11) is 1.65. The minimum atomic E-state index is -5.08. The molecule has 4 rings (SSSR count).